The summed E-state index contributed by atoms with van der Waals surface area (Å²) in [5.74, 6) is -1.29. The minimum absolute atomic E-state index is 0.00152. The largest absolute Gasteiger partial charge is 0.342 e. The Bertz CT molecular complexity index is 1310. The first-order valence-electron chi connectivity index (χ1n) is 11.2. The molecule has 0 saturated carbocycles. The van der Waals surface area contributed by atoms with Gasteiger partial charge >= 0.3 is 0 Å². The third kappa shape index (κ3) is 6.29. The molecule has 1 atom stereocenters. The Labute approximate surface area is 207 Å². The summed E-state index contributed by atoms with van der Waals surface area (Å²) in [6.07, 6.45) is 0. The van der Waals surface area contributed by atoms with Crippen LogP contribution in [0.1, 0.15) is 18.1 Å². The lowest BCUT2D eigenvalue weighted by atomic mass is 10.1. The number of rotatable bonds is 8. The molecule has 8 nitrogen and oxygen atoms in total. The number of halogens is 2. The van der Waals surface area contributed by atoms with Gasteiger partial charge in [0, 0.05) is 5.69 Å². The molecule has 10 heteroatoms. The molecule has 1 aromatic heterocycles. The third-order valence-electron chi connectivity index (χ3n) is 5.10. The Kier molecular flexibility index (Phi) is 7.33. The van der Waals surface area contributed by atoms with E-state index in [4.69, 9.17) is 0 Å². The second-order valence-electron chi connectivity index (χ2n) is 8.25. The van der Waals surface area contributed by atoms with Crippen molar-refractivity contribution in [2.75, 3.05) is 21.3 Å². The Morgan fingerprint density at radius 3 is 1.72 bits per heavy atom. The van der Waals surface area contributed by atoms with E-state index in [2.05, 4.69) is 36.2 Å². The van der Waals surface area contributed by atoms with Crippen LogP contribution in [0.5, 0.6) is 0 Å². The van der Waals surface area contributed by atoms with E-state index < -0.39 is 17.7 Å². The van der Waals surface area contributed by atoms with Crippen LogP contribution in [0.25, 0.3) is 0 Å². The number of para-hydroxylation sites is 2. The van der Waals surface area contributed by atoms with Gasteiger partial charge in [0.2, 0.25) is 23.8 Å². The molecule has 0 aliphatic rings. The lowest BCUT2D eigenvalue weighted by molar-refractivity contribution is -0.116. The number of aryl methyl sites for hydroxylation is 2. The van der Waals surface area contributed by atoms with Crippen molar-refractivity contribution in [2.45, 2.75) is 26.8 Å². The van der Waals surface area contributed by atoms with E-state index in [1.807, 2.05) is 32.0 Å². The maximum Gasteiger partial charge on any atom is 0.246 e. The summed E-state index contributed by atoms with van der Waals surface area (Å²) in [5.41, 5.74) is 3.01. The molecule has 36 heavy (non-hydrogen) atoms. The molecular weight excluding hydrogens is 464 g/mol. The number of carbonyl (C=O) groups is 1. The molecule has 4 N–H and O–H groups in total. The monoisotopic (exact) mass is 489 g/mol. The van der Waals surface area contributed by atoms with Gasteiger partial charge in [-0.15, -0.1) is 0 Å². The summed E-state index contributed by atoms with van der Waals surface area (Å²) in [5, 5.41) is 11.4. The van der Waals surface area contributed by atoms with E-state index in [-0.39, 0.29) is 35.1 Å². The van der Waals surface area contributed by atoms with Gasteiger partial charge in [-0.1, -0.05) is 30.3 Å². The summed E-state index contributed by atoms with van der Waals surface area (Å²) >= 11 is 0. The number of hydrogen-bond acceptors (Lipinski definition) is 7. The third-order valence-corrected chi connectivity index (χ3v) is 5.10. The van der Waals surface area contributed by atoms with E-state index in [0.717, 1.165) is 11.1 Å². The van der Waals surface area contributed by atoms with Crippen molar-refractivity contribution >= 4 is 40.8 Å². The Morgan fingerprint density at radius 1 is 0.750 bits per heavy atom. The quantitative estimate of drug-likeness (QED) is 0.252. The van der Waals surface area contributed by atoms with Gasteiger partial charge in [0.1, 0.15) is 17.7 Å². The zero-order valence-electron chi connectivity index (χ0n) is 19.9. The van der Waals surface area contributed by atoms with Crippen LogP contribution in [0, 0.1) is 25.5 Å². The summed E-state index contributed by atoms with van der Waals surface area (Å²) in [6, 6.07) is 17.1. The van der Waals surface area contributed by atoms with Crippen molar-refractivity contribution in [3.05, 3.63) is 89.5 Å². The van der Waals surface area contributed by atoms with Crippen LogP contribution >= 0.6 is 0 Å². The summed E-state index contributed by atoms with van der Waals surface area (Å²) in [7, 11) is 0. The van der Waals surface area contributed by atoms with Crippen LogP contribution in [0.3, 0.4) is 0 Å². The van der Waals surface area contributed by atoms with E-state index >= 15 is 0 Å². The van der Waals surface area contributed by atoms with E-state index in [1.54, 1.807) is 31.2 Å². The number of hydrogen-bond donors (Lipinski definition) is 4. The molecule has 0 spiro atoms. The normalized spacial score (nSPS) is 11.5. The minimum atomic E-state index is -0.740. The van der Waals surface area contributed by atoms with Crippen LogP contribution in [-0.2, 0) is 4.79 Å². The van der Waals surface area contributed by atoms with Gasteiger partial charge in [0.25, 0.3) is 0 Å². The molecule has 1 heterocycles. The van der Waals surface area contributed by atoms with Gasteiger partial charge in [-0.3, -0.25) is 4.79 Å². The molecule has 0 unspecified atom stereocenters. The Morgan fingerprint density at radius 2 is 1.22 bits per heavy atom. The molecule has 0 saturated heterocycles. The first-order valence-corrected chi connectivity index (χ1v) is 11.2. The first kappa shape index (κ1) is 24.5. The molecule has 0 radical (unpaired) electrons. The molecular formula is C26H25F2N7O. The van der Waals surface area contributed by atoms with Crippen molar-refractivity contribution < 1.29 is 13.6 Å². The highest BCUT2D eigenvalue weighted by Gasteiger charge is 2.17. The van der Waals surface area contributed by atoms with Crippen molar-refractivity contribution in [1.82, 2.24) is 15.0 Å². The molecule has 1 amide bonds. The Hall–Kier alpha value is -4.60. The SMILES string of the molecule is Cc1cc(C)cc(NC(=O)[C@@H](C)Nc2nc(Nc3ccccc3F)nc(Nc3ccccc3F)n2)c1. The van der Waals surface area contributed by atoms with E-state index in [9.17, 15) is 13.6 Å². The highest BCUT2D eigenvalue weighted by Crippen LogP contribution is 2.22. The van der Waals surface area contributed by atoms with Gasteiger partial charge in [-0.2, -0.15) is 15.0 Å². The molecule has 3 aromatic carbocycles. The van der Waals surface area contributed by atoms with E-state index in [1.165, 1.54) is 24.3 Å². The molecule has 0 bridgehead atoms. The average molecular weight is 490 g/mol. The predicted molar refractivity (Wildman–Crippen MR) is 137 cm³/mol. The van der Waals surface area contributed by atoms with Crippen LogP contribution in [0.15, 0.2) is 66.7 Å². The lowest BCUT2D eigenvalue weighted by Crippen LogP contribution is -2.32. The van der Waals surface area contributed by atoms with Crippen LogP contribution in [-0.4, -0.2) is 26.9 Å². The molecule has 0 aliphatic heterocycles. The fourth-order valence-corrected chi connectivity index (χ4v) is 3.47. The maximum absolute atomic E-state index is 14.2. The average Bonchev–Trinajstić information content (AvgIpc) is 2.81. The van der Waals surface area contributed by atoms with Crippen LogP contribution in [0.4, 0.5) is 43.7 Å². The molecule has 4 aromatic rings. The second kappa shape index (κ2) is 10.8. The molecule has 4 rings (SSSR count). The standard InChI is InChI=1S/C26H25F2N7O/c1-15-12-16(2)14-18(13-15)30-23(36)17(3)29-24-33-25(31-21-10-6-4-8-19(21)27)35-26(34-24)32-22-11-7-5-9-20(22)28/h4-14,17H,1-3H3,(H,30,36)(H3,29,31,32,33,34,35)/t17-/m1/s1. The maximum atomic E-state index is 14.2. The van der Waals surface area contributed by atoms with E-state index in [0.29, 0.717) is 5.69 Å². The minimum Gasteiger partial charge on any atom is -0.342 e. The van der Waals surface area contributed by atoms with Gasteiger partial charge in [0.05, 0.1) is 11.4 Å². The first-order chi connectivity index (χ1) is 17.3. The number of nitrogens with one attached hydrogen (secondary N) is 4. The summed E-state index contributed by atoms with van der Waals surface area (Å²) in [6.45, 7) is 5.54. The number of aromatic nitrogens is 3. The van der Waals surface area contributed by atoms with Crippen molar-refractivity contribution in [3.8, 4) is 0 Å². The smallest absolute Gasteiger partial charge is 0.246 e. The number of anilines is 6. The fraction of sp³-hybridized carbons (Fsp3) is 0.154. The number of nitrogens with zero attached hydrogens (tertiary/aromatic N) is 3. The number of carbonyl (C=O) groups excluding carboxylic acids is 1. The predicted octanol–water partition coefficient (Wildman–Crippen LogP) is 5.69. The van der Waals surface area contributed by atoms with Crippen molar-refractivity contribution in [1.29, 1.82) is 0 Å². The molecule has 0 aliphatic carbocycles. The van der Waals surface area contributed by atoms with Gasteiger partial charge in [-0.05, 0) is 68.3 Å². The highest BCUT2D eigenvalue weighted by atomic mass is 19.1. The second-order valence-corrected chi connectivity index (χ2v) is 8.25. The van der Waals surface area contributed by atoms with Gasteiger partial charge in [-0.25, -0.2) is 8.78 Å². The van der Waals surface area contributed by atoms with Crippen LogP contribution < -0.4 is 21.3 Å². The summed E-state index contributed by atoms with van der Waals surface area (Å²) in [4.78, 5) is 25.6. The molecule has 184 valence electrons. The van der Waals surface area contributed by atoms with Crippen molar-refractivity contribution in [2.24, 2.45) is 0 Å². The number of benzene rings is 3. The van der Waals surface area contributed by atoms with Crippen LogP contribution in [0.2, 0.25) is 0 Å². The Balaban J connectivity index is 1.58. The van der Waals surface area contributed by atoms with Gasteiger partial charge < -0.3 is 21.3 Å². The zero-order valence-corrected chi connectivity index (χ0v) is 19.9. The summed E-state index contributed by atoms with van der Waals surface area (Å²) < 4.78 is 28.4. The fourth-order valence-electron chi connectivity index (χ4n) is 3.47. The zero-order chi connectivity index (χ0) is 25.7. The number of amides is 1. The topological polar surface area (TPSA) is 104 Å². The highest BCUT2D eigenvalue weighted by molar-refractivity contribution is 5.96. The van der Waals surface area contributed by atoms with Gasteiger partial charge in [0.15, 0.2) is 0 Å². The van der Waals surface area contributed by atoms with Crippen molar-refractivity contribution in [3.63, 3.8) is 0 Å². The molecule has 0 fully saturated rings. The lowest BCUT2D eigenvalue weighted by Gasteiger charge is -2.16.